The van der Waals surface area contributed by atoms with Gasteiger partial charge in [-0.05, 0) is 31.5 Å². The van der Waals surface area contributed by atoms with Crippen molar-refractivity contribution in [1.82, 2.24) is 10.6 Å². The third-order valence-corrected chi connectivity index (χ3v) is 7.90. The molecule has 2 unspecified atom stereocenters. The summed E-state index contributed by atoms with van der Waals surface area (Å²) in [4.78, 5) is 1.36. The van der Waals surface area contributed by atoms with Gasteiger partial charge >= 0.3 is 0 Å². The van der Waals surface area contributed by atoms with E-state index in [0.717, 1.165) is 19.5 Å². The molecule has 0 amide bonds. The molecule has 2 heterocycles. The molecule has 1 aromatic carbocycles. The second kappa shape index (κ2) is 11.4. The average molecular weight is 503 g/mol. The molecule has 0 aromatic heterocycles. The summed E-state index contributed by atoms with van der Waals surface area (Å²) in [5.74, 6) is 4.63. The topological polar surface area (TPSA) is 209 Å². The largest absolute Gasteiger partial charge is 0.396 e. The number of aliphatic hydroxyl groups is 1. The zero-order valence-corrected chi connectivity index (χ0v) is 19.7. The predicted octanol–water partition coefficient (Wildman–Crippen LogP) is -1.41. The van der Waals surface area contributed by atoms with E-state index in [4.69, 9.17) is 21.1 Å². The molecular weight excluding hydrogens is 472 g/mol. The van der Waals surface area contributed by atoms with E-state index >= 15 is 0 Å². The summed E-state index contributed by atoms with van der Waals surface area (Å²) < 4.78 is 44.1. The summed E-state index contributed by atoms with van der Waals surface area (Å²) in [5, 5.41) is 36.2. The predicted molar refractivity (Wildman–Crippen MR) is 123 cm³/mol. The molecule has 8 N–H and O–H groups in total. The van der Waals surface area contributed by atoms with Crippen LogP contribution in [0.2, 0.25) is 0 Å². The molecule has 3 rings (SSSR count). The van der Waals surface area contributed by atoms with E-state index in [1.54, 1.807) is 6.07 Å². The van der Waals surface area contributed by atoms with E-state index in [0.29, 0.717) is 31.8 Å². The molecule has 0 radical (unpaired) electrons. The number of hydrogen-bond donors (Lipinski definition) is 6. The van der Waals surface area contributed by atoms with E-state index < -0.39 is 31.6 Å². The van der Waals surface area contributed by atoms with Crippen LogP contribution in [0.3, 0.4) is 0 Å². The maximum atomic E-state index is 13.1. The Bertz CT molecular complexity index is 1010. The van der Waals surface area contributed by atoms with Crippen molar-refractivity contribution in [1.29, 1.82) is 5.41 Å². The van der Waals surface area contributed by atoms with E-state index in [2.05, 4.69) is 21.0 Å². The molecule has 0 aliphatic carbocycles. The van der Waals surface area contributed by atoms with Gasteiger partial charge in [-0.15, -0.1) is 5.11 Å². The normalized spacial score (nSPS) is 22.7. The number of primary sulfonamides is 1. The number of aliphatic hydroxyl groups excluding tert-OH is 1. The molecule has 3 atom stereocenters. The lowest BCUT2D eigenvalue weighted by molar-refractivity contribution is 0.0247. The number of hydrogen-bond acceptors (Lipinski definition) is 10. The summed E-state index contributed by atoms with van der Waals surface area (Å²) in [6, 6.07) is 3.18. The molecule has 13 nitrogen and oxygen atoms in total. The van der Waals surface area contributed by atoms with Gasteiger partial charge < -0.3 is 31.2 Å². The number of benzene rings is 1. The fourth-order valence-corrected chi connectivity index (χ4v) is 6.50. The molecule has 0 spiro atoms. The Balaban J connectivity index is 2.05. The Kier molecular flexibility index (Phi) is 8.86. The second-order valence-electron chi connectivity index (χ2n) is 7.73. The molecular formula is C18H30N8O5S2. The molecule has 184 valence electrons. The van der Waals surface area contributed by atoms with Crippen molar-refractivity contribution in [2.24, 2.45) is 21.3 Å². The van der Waals surface area contributed by atoms with Crippen LogP contribution in [0, 0.1) is 5.41 Å². The number of ether oxygens (including phenoxy) is 1. The first-order valence-electron chi connectivity index (χ1n) is 10.5. The van der Waals surface area contributed by atoms with Gasteiger partial charge in [0.05, 0.1) is 39.8 Å². The highest BCUT2D eigenvalue weighted by Crippen LogP contribution is 2.33. The molecule has 2 aliphatic heterocycles. The Morgan fingerprint density at radius 3 is 2.88 bits per heavy atom. The number of morpholine rings is 1. The third-order valence-electron chi connectivity index (χ3n) is 5.52. The van der Waals surface area contributed by atoms with Crippen molar-refractivity contribution in [2.45, 2.75) is 34.8 Å². The minimum atomic E-state index is -4.41. The first-order chi connectivity index (χ1) is 15.8. The van der Waals surface area contributed by atoms with Gasteiger partial charge in [0.25, 0.3) is 0 Å². The van der Waals surface area contributed by atoms with Crippen molar-refractivity contribution >= 4 is 32.3 Å². The number of anilines is 1. The van der Waals surface area contributed by atoms with Crippen molar-refractivity contribution in [3.05, 3.63) is 17.7 Å². The number of amidine groups is 1. The van der Waals surface area contributed by atoms with E-state index in [-0.39, 0.29) is 35.1 Å². The number of nitrogens with two attached hydrogens (primary N) is 2. The summed E-state index contributed by atoms with van der Waals surface area (Å²) in [5.41, 5.74) is 0.237. The first-order valence-corrected chi connectivity index (χ1v) is 13.3. The van der Waals surface area contributed by atoms with Crippen LogP contribution in [0.5, 0.6) is 0 Å². The van der Waals surface area contributed by atoms with Crippen molar-refractivity contribution in [2.75, 3.05) is 50.2 Å². The van der Waals surface area contributed by atoms with Gasteiger partial charge in [-0.1, -0.05) is 5.22 Å². The molecule has 0 bridgehead atoms. The number of sulfonamides is 1. The van der Waals surface area contributed by atoms with Crippen LogP contribution in [0.4, 0.5) is 5.69 Å². The SMILES string of the molecule is N=C(N=NN)c1c(N2CCOC(CCO)C2)ccc(S(=O)CN[C@@H]2CCNC2)c1S(N)(=O)=O. The Morgan fingerprint density at radius 1 is 1.45 bits per heavy atom. The molecule has 2 aliphatic rings. The number of rotatable bonds is 9. The minimum absolute atomic E-state index is 0.0214. The van der Waals surface area contributed by atoms with E-state index in [1.807, 2.05) is 4.90 Å². The molecule has 33 heavy (non-hydrogen) atoms. The van der Waals surface area contributed by atoms with E-state index in [1.165, 1.54) is 6.07 Å². The van der Waals surface area contributed by atoms with Crippen LogP contribution in [0.25, 0.3) is 0 Å². The zero-order valence-electron chi connectivity index (χ0n) is 18.1. The number of nitrogens with one attached hydrogen (secondary N) is 3. The van der Waals surface area contributed by atoms with Gasteiger partial charge in [0, 0.05) is 38.0 Å². The summed E-state index contributed by atoms with van der Waals surface area (Å²) in [7, 11) is -6.18. The smallest absolute Gasteiger partial charge is 0.240 e. The summed E-state index contributed by atoms with van der Waals surface area (Å²) in [6.07, 6.45) is 0.993. The summed E-state index contributed by atoms with van der Waals surface area (Å²) in [6.45, 7) is 2.62. The van der Waals surface area contributed by atoms with Crippen LogP contribution in [0.15, 0.2) is 32.3 Å². The maximum Gasteiger partial charge on any atom is 0.240 e. The molecule has 2 fully saturated rings. The molecule has 0 saturated carbocycles. The van der Waals surface area contributed by atoms with Crippen LogP contribution in [0.1, 0.15) is 18.4 Å². The Morgan fingerprint density at radius 2 is 2.24 bits per heavy atom. The lowest BCUT2D eigenvalue weighted by Gasteiger charge is -2.35. The average Bonchev–Trinajstić information content (AvgIpc) is 3.30. The van der Waals surface area contributed by atoms with Crippen LogP contribution in [-0.4, -0.2) is 81.0 Å². The summed E-state index contributed by atoms with van der Waals surface area (Å²) >= 11 is 0. The van der Waals surface area contributed by atoms with Crippen LogP contribution in [-0.2, 0) is 25.6 Å². The van der Waals surface area contributed by atoms with Gasteiger partial charge in [0.1, 0.15) is 4.90 Å². The molecule has 1 aromatic rings. The fraction of sp³-hybridized carbons (Fsp3) is 0.611. The molecule has 15 heteroatoms. The van der Waals surface area contributed by atoms with Gasteiger partial charge in [-0.2, -0.15) is 0 Å². The van der Waals surface area contributed by atoms with Crippen LogP contribution >= 0.6 is 0 Å². The highest BCUT2D eigenvalue weighted by atomic mass is 32.2. The number of nitrogens with zero attached hydrogens (tertiary/aromatic N) is 3. The van der Waals surface area contributed by atoms with Crippen LogP contribution < -0.4 is 26.5 Å². The van der Waals surface area contributed by atoms with Gasteiger partial charge in [-0.3, -0.25) is 9.62 Å². The third kappa shape index (κ3) is 6.32. The van der Waals surface area contributed by atoms with E-state index in [9.17, 15) is 17.7 Å². The van der Waals surface area contributed by atoms with Crippen molar-refractivity contribution < 1.29 is 22.5 Å². The molecule has 2 saturated heterocycles. The standard InChI is InChI=1S/C18H30N8O5S2/c19-18(24-25-20)16-14(26-6-8-31-13(10-26)4-7-27)1-2-15(17(16)33(21,29)30)32(28)11-23-12-3-5-22-9-12/h1-2,12-13,22-23,27H,3-11H2,(H3,19,20,24)(H2,21,29,30)/t12-,13?,32?/m1/s1. The fourth-order valence-electron chi connectivity index (χ4n) is 3.97. The lowest BCUT2D eigenvalue weighted by Crippen LogP contribution is -2.43. The Hall–Kier alpha value is -2.01. The zero-order chi connectivity index (χ0) is 24.0. The Labute approximate surface area is 194 Å². The maximum absolute atomic E-state index is 13.1. The quantitative estimate of drug-likeness (QED) is 0.0769. The minimum Gasteiger partial charge on any atom is -0.396 e. The lowest BCUT2D eigenvalue weighted by atomic mass is 10.1. The first kappa shape index (κ1) is 25.6. The monoisotopic (exact) mass is 502 g/mol. The van der Waals surface area contributed by atoms with Crippen molar-refractivity contribution in [3.8, 4) is 0 Å². The van der Waals surface area contributed by atoms with Gasteiger partial charge in [-0.25, -0.2) is 13.6 Å². The van der Waals surface area contributed by atoms with Gasteiger partial charge in [0.15, 0.2) is 5.84 Å². The van der Waals surface area contributed by atoms with Crippen molar-refractivity contribution in [3.63, 3.8) is 0 Å². The highest BCUT2D eigenvalue weighted by molar-refractivity contribution is 7.91. The highest BCUT2D eigenvalue weighted by Gasteiger charge is 2.31. The second-order valence-corrected chi connectivity index (χ2v) is 10.6. The van der Waals surface area contributed by atoms with Gasteiger partial charge in [0.2, 0.25) is 10.0 Å².